The molecule has 1 unspecified atom stereocenters. The Morgan fingerprint density at radius 2 is 1.91 bits per heavy atom. The van der Waals surface area contributed by atoms with Gasteiger partial charge in [-0.25, -0.2) is 0 Å². The number of likely N-dealkylation sites (tertiary alicyclic amines) is 1. The Hall–Kier alpha value is -0.970. The molecule has 1 N–H and O–H groups in total. The number of amides is 1. The van der Waals surface area contributed by atoms with Crippen molar-refractivity contribution in [3.63, 3.8) is 0 Å². The van der Waals surface area contributed by atoms with Crippen molar-refractivity contribution in [2.75, 3.05) is 26.2 Å². The lowest BCUT2D eigenvalue weighted by molar-refractivity contribution is -0.134. The van der Waals surface area contributed by atoms with Crippen LogP contribution in [0.1, 0.15) is 25.7 Å². The summed E-state index contributed by atoms with van der Waals surface area (Å²) < 4.78 is 5.54. The van der Waals surface area contributed by atoms with E-state index in [1.165, 1.54) is 12.8 Å². The van der Waals surface area contributed by atoms with Gasteiger partial charge in [0.15, 0.2) is 6.61 Å². The normalized spacial score (nSPS) is 21.8. The Kier molecular flexibility index (Phi) is 7.00. The van der Waals surface area contributed by atoms with Crippen molar-refractivity contribution in [3.8, 4) is 5.75 Å². The largest absolute Gasteiger partial charge is 0.484 e. The molecular formula is C17H24Cl2N2O2. The van der Waals surface area contributed by atoms with E-state index in [4.69, 9.17) is 16.3 Å². The molecule has 0 bridgehead atoms. The fraction of sp³-hybridized carbons (Fsp3) is 0.588. The zero-order valence-corrected chi connectivity index (χ0v) is 14.7. The molecule has 4 nitrogen and oxygen atoms in total. The standard InChI is InChI=1S/C17H23ClN2O2.ClH/c18-14-3-5-15(6-4-14)22-12-17(21)20-10-7-13(8-11-20)16-2-1-9-19-16;/h3-6,13,16,19H,1-2,7-12H2;1H. The van der Waals surface area contributed by atoms with E-state index in [9.17, 15) is 4.79 Å². The fourth-order valence-corrected chi connectivity index (χ4v) is 3.56. The highest BCUT2D eigenvalue weighted by atomic mass is 35.5. The predicted molar refractivity (Wildman–Crippen MR) is 94.5 cm³/mol. The van der Waals surface area contributed by atoms with Crippen LogP contribution in [0.15, 0.2) is 24.3 Å². The van der Waals surface area contributed by atoms with Gasteiger partial charge >= 0.3 is 0 Å². The first-order chi connectivity index (χ1) is 10.7. The lowest BCUT2D eigenvalue weighted by atomic mass is 9.88. The molecule has 6 heteroatoms. The second kappa shape index (κ2) is 8.76. The molecule has 0 aliphatic carbocycles. The summed E-state index contributed by atoms with van der Waals surface area (Å²) in [5, 5.41) is 4.25. The SMILES string of the molecule is Cl.O=C(COc1ccc(Cl)cc1)N1CCC(C2CCCN2)CC1. The Morgan fingerprint density at radius 1 is 1.22 bits per heavy atom. The maximum atomic E-state index is 12.2. The number of nitrogens with zero attached hydrogens (tertiary/aromatic N) is 1. The number of halogens is 2. The molecule has 0 saturated carbocycles. The van der Waals surface area contributed by atoms with E-state index in [1.54, 1.807) is 24.3 Å². The first-order valence-corrected chi connectivity index (χ1v) is 8.50. The quantitative estimate of drug-likeness (QED) is 0.898. The summed E-state index contributed by atoms with van der Waals surface area (Å²) in [5.74, 6) is 1.49. The van der Waals surface area contributed by atoms with Gasteiger partial charge in [0.1, 0.15) is 5.75 Å². The average Bonchev–Trinajstić information content (AvgIpc) is 3.09. The molecule has 1 aromatic rings. The fourth-order valence-electron chi connectivity index (χ4n) is 3.43. The minimum absolute atomic E-state index is 0. The third-order valence-corrected chi connectivity index (χ3v) is 4.99. The van der Waals surface area contributed by atoms with Gasteiger partial charge in [0, 0.05) is 24.2 Å². The van der Waals surface area contributed by atoms with E-state index in [2.05, 4.69) is 5.32 Å². The van der Waals surface area contributed by atoms with Gasteiger partial charge in [-0.1, -0.05) is 11.6 Å². The van der Waals surface area contributed by atoms with Gasteiger partial charge < -0.3 is 15.0 Å². The van der Waals surface area contributed by atoms with Crippen LogP contribution in [0.25, 0.3) is 0 Å². The summed E-state index contributed by atoms with van der Waals surface area (Å²) in [7, 11) is 0. The number of ether oxygens (including phenoxy) is 1. The number of piperidine rings is 1. The minimum atomic E-state index is 0. The molecule has 1 amide bonds. The van der Waals surface area contributed by atoms with E-state index >= 15 is 0 Å². The average molecular weight is 359 g/mol. The highest BCUT2D eigenvalue weighted by molar-refractivity contribution is 6.30. The highest BCUT2D eigenvalue weighted by Gasteiger charge is 2.29. The molecule has 2 aliphatic rings. The third kappa shape index (κ3) is 5.00. The summed E-state index contributed by atoms with van der Waals surface area (Å²) in [6, 6.07) is 7.77. The first kappa shape index (κ1) is 18.4. The lowest BCUT2D eigenvalue weighted by Gasteiger charge is -2.34. The van der Waals surface area contributed by atoms with Crippen molar-refractivity contribution in [1.29, 1.82) is 0 Å². The summed E-state index contributed by atoms with van der Waals surface area (Å²) in [6.45, 7) is 2.96. The van der Waals surface area contributed by atoms with E-state index in [-0.39, 0.29) is 24.9 Å². The lowest BCUT2D eigenvalue weighted by Crippen LogP contribution is -2.44. The molecule has 2 saturated heterocycles. The van der Waals surface area contributed by atoms with Gasteiger partial charge in [-0.2, -0.15) is 0 Å². The third-order valence-electron chi connectivity index (χ3n) is 4.74. The molecule has 3 rings (SSSR count). The Labute approximate surface area is 148 Å². The van der Waals surface area contributed by atoms with Crippen LogP contribution in [0, 0.1) is 5.92 Å². The minimum Gasteiger partial charge on any atom is -0.484 e. The maximum absolute atomic E-state index is 12.2. The molecule has 2 heterocycles. The number of benzene rings is 1. The number of carbonyl (C=O) groups is 1. The topological polar surface area (TPSA) is 41.6 Å². The molecule has 1 atom stereocenters. The van der Waals surface area contributed by atoms with E-state index < -0.39 is 0 Å². The van der Waals surface area contributed by atoms with E-state index in [0.717, 1.165) is 38.4 Å². The van der Waals surface area contributed by atoms with Gasteiger partial charge in [0.25, 0.3) is 5.91 Å². The van der Waals surface area contributed by atoms with Gasteiger partial charge in [0.2, 0.25) is 0 Å². The van der Waals surface area contributed by atoms with Crippen molar-refractivity contribution in [2.45, 2.75) is 31.7 Å². The molecule has 2 aliphatic heterocycles. The van der Waals surface area contributed by atoms with Crippen LogP contribution < -0.4 is 10.1 Å². The number of hydrogen-bond donors (Lipinski definition) is 1. The second-order valence-electron chi connectivity index (χ2n) is 6.16. The first-order valence-electron chi connectivity index (χ1n) is 8.12. The monoisotopic (exact) mass is 358 g/mol. The smallest absolute Gasteiger partial charge is 0.260 e. The van der Waals surface area contributed by atoms with Crippen LogP contribution in [-0.4, -0.2) is 43.1 Å². The summed E-state index contributed by atoms with van der Waals surface area (Å²) in [5.41, 5.74) is 0. The van der Waals surface area contributed by atoms with Crippen LogP contribution >= 0.6 is 24.0 Å². The van der Waals surface area contributed by atoms with Gasteiger partial charge in [-0.15, -0.1) is 12.4 Å². The summed E-state index contributed by atoms with van der Waals surface area (Å²) in [6.07, 6.45) is 4.78. The molecule has 128 valence electrons. The molecule has 1 aromatic carbocycles. The van der Waals surface area contributed by atoms with Crippen molar-refractivity contribution in [2.24, 2.45) is 5.92 Å². The summed E-state index contributed by atoms with van der Waals surface area (Å²) >= 11 is 5.83. The molecule has 0 radical (unpaired) electrons. The van der Waals surface area contributed by atoms with E-state index in [0.29, 0.717) is 16.8 Å². The molecule has 0 spiro atoms. The maximum Gasteiger partial charge on any atom is 0.260 e. The van der Waals surface area contributed by atoms with Gasteiger partial charge in [0.05, 0.1) is 0 Å². The Balaban J connectivity index is 0.00000192. The molecule has 0 aromatic heterocycles. The van der Waals surface area contributed by atoms with Crippen LogP contribution in [0.3, 0.4) is 0 Å². The Morgan fingerprint density at radius 3 is 2.52 bits per heavy atom. The predicted octanol–water partition coefficient (Wildman–Crippen LogP) is 3.13. The molecule has 23 heavy (non-hydrogen) atoms. The van der Waals surface area contributed by atoms with Crippen molar-refractivity contribution < 1.29 is 9.53 Å². The Bertz CT molecular complexity index is 496. The van der Waals surface area contributed by atoms with Crippen LogP contribution in [0.5, 0.6) is 5.75 Å². The van der Waals surface area contributed by atoms with Crippen molar-refractivity contribution in [1.82, 2.24) is 10.2 Å². The van der Waals surface area contributed by atoms with Gasteiger partial charge in [-0.05, 0) is 62.4 Å². The van der Waals surface area contributed by atoms with Crippen molar-refractivity contribution >= 4 is 29.9 Å². The van der Waals surface area contributed by atoms with Crippen LogP contribution in [0.2, 0.25) is 5.02 Å². The van der Waals surface area contributed by atoms with E-state index in [1.807, 2.05) is 4.90 Å². The van der Waals surface area contributed by atoms with Crippen LogP contribution in [0.4, 0.5) is 0 Å². The zero-order valence-electron chi connectivity index (χ0n) is 13.2. The van der Waals surface area contributed by atoms with Crippen molar-refractivity contribution in [3.05, 3.63) is 29.3 Å². The zero-order chi connectivity index (χ0) is 15.4. The van der Waals surface area contributed by atoms with Gasteiger partial charge in [-0.3, -0.25) is 4.79 Å². The number of carbonyl (C=O) groups excluding carboxylic acids is 1. The second-order valence-corrected chi connectivity index (χ2v) is 6.60. The number of nitrogens with one attached hydrogen (secondary N) is 1. The van der Waals surface area contributed by atoms with Crippen LogP contribution in [-0.2, 0) is 4.79 Å². The highest BCUT2D eigenvalue weighted by Crippen LogP contribution is 2.25. The summed E-state index contributed by atoms with van der Waals surface area (Å²) in [4.78, 5) is 14.2. The number of hydrogen-bond acceptors (Lipinski definition) is 3. The molecular weight excluding hydrogens is 335 g/mol. The molecule has 2 fully saturated rings. The number of rotatable bonds is 4.